The lowest BCUT2D eigenvalue weighted by molar-refractivity contribution is 0.252. The predicted octanol–water partition coefficient (Wildman–Crippen LogP) is 2.72. The summed E-state index contributed by atoms with van der Waals surface area (Å²) in [4.78, 5) is 28.5. The summed E-state index contributed by atoms with van der Waals surface area (Å²) in [6.07, 6.45) is 4.76. The molecule has 0 bridgehead atoms. The van der Waals surface area contributed by atoms with Crippen LogP contribution in [0.15, 0.2) is 41.4 Å². The van der Waals surface area contributed by atoms with Gasteiger partial charge in [-0.3, -0.25) is 4.98 Å². The maximum Gasteiger partial charge on any atom is 0.319 e. The van der Waals surface area contributed by atoms with E-state index in [1.54, 1.807) is 18.5 Å². The number of carbonyl (C=O) groups is 1. The molecule has 0 aliphatic carbocycles. The Morgan fingerprint density at radius 1 is 1.12 bits per heavy atom. The molecule has 0 aliphatic heterocycles. The number of anilines is 2. The molecule has 128 valence electrons. The molecule has 3 heterocycles. The van der Waals surface area contributed by atoms with Gasteiger partial charge in [0.05, 0.1) is 17.3 Å². The molecule has 3 aromatic heterocycles. The van der Waals surface area contributed by atoms with E-state index in [1.165, 1.54) is 6.33 Å². The maximum absolute atomic E-state index is 11.8. The largest absolute Gasteiger partial charge is 0.368 e. The highest BCUT2D eigenvalue weighted by atomic mass is 79.9. The Bertz CT molecular complexity index is 885. The first-order chi connectivity index (χ1) is 12.1. The van der Waals surface area contributed by atoms with Crippen molar-refractivity contribution < 1.29 is 4.79 Å². The number of pyridine rings is 2. The zero-order valence-electron chi connectivity index (χ0n) is 13.5. The van der Waals surface area contributed by atoms with Crippen molar-refractivity contribution in [2.45, 2.75) is 6.92 Å². The number of carbonyl (C=O) groups excluding carboxylic acids is 1. The molecular formula is C16H16BrN7O. The van der Waals surface area contributed by atoms with Crippen molar-refractivity contribution in [3.05, 3.63) is 47.1 Å². The number of nitrogens with zero attached hydrogens (tertiary/aromatic N) is 4. The molecule has 25 heavy (non-hydrogen) atoms. The molecule has 0 unspecified atom stereocenters. The summed E-state index contributed by atoms with van der Waals surface area (Å²) >= 11 is 3.39. The number of amides is 2. The van der Waals surface area contributed by atoms with E-state index in [2.05, 4.69) is 51.8 Å². The second-order valence-corrected chi connectivity index (χ2v) is 6.16. The van der Waals surface area contributed by atoms with Crippen LogP contribution in [0.5, 0.6) is 0 Å². The van der Waals surface area contributed by atoms with Crippen LogP contribution in [-0.4, -0.2) is 39.1 Å². The van der Waals surface area contributed by atoms with Crippen molar-refractivity contribution in [1.82, 2.24) is 25.3 Å². The molecule has 3 N–H and O–H groups in total. The Morgan fingerprint density at radius 3 is 2.80 bits per heavy atom. The molecule has 0 aromatic carbocycles. The average Bonchev–Trinajstić information content (AvgIpc) is 2.61. The standard InChI is InChI=1S/C16H16BrN7O/c1-10-2-3-12(8-20-10)24-16(25)19-5-4-18-14-13-6-11(17)7-21-15(13)23-9-22-14/h2-3,6-9H,4-5H2,1H3,(H2,19,24,25)(H,18,21,22,23). The second-order valence-electron chi connectivity index (χ2n) is 5.24. The van der Waals surface area contributed by atoms with Crippen LogP contribution < -0.4 is 16.0 Å². The van der Waals surface area contributed by atoms with E-state index in [0.717, 1.165) is 15.6 Å². The van der Waals surface area contributed by atoms with E-state index in [1.807, 2.05) is 19.1 Å². The SMILES string of the molecule is Cc1ccc(NC(=O)NCCNc2ncnc3ncc(Br)cc23)cn1. The Labute approximate surface area is 152 Å². The predicted molar refractivity (Wildman–Crippen MR) is 99.5 cm³/mol. The first kappa shape index (κ1) is 17.0. The highest BCUT2D eigenvalue weighted by Gasteiger charge is 2.05. The summed E-state index contributed by atoms with van der Waals surface area (Å²) in [5.41, 5.74) is 2.15. The van der Waals surface area contributed by atoms with E-state index in [4.69, 9.17) is 0 Å². The number of rotatable bonds is 5. The molecule has 9 heteroatoms. The van der Waals surface area contributed by atoms with Crippen LogP contribution in [0.3, 0.4) is 0 Å². The van der Waals surface area contributed by atoms with Gasteiger partial charge in [0, 0.05) is 29.5 Å². The monoisotopic (exact) mass is 401 g/mol. The zero-order valence-corrected chi connectivity index (χ0v) is 15.0. The number of hydrogen-bond acceptors (Lipinski definition) is 6. The molecular weight excluding hydrogens is 386 g/mol. The number of aryl methyl sites for hydroxylation is 1. The topological polar surface area (TPSA) is 105 Å². The van der Waals surface area contributed by atoms with Gasteiger partial charge in [-0.2, -0.15) is 0 Å². The van der Waals surface area contributed by atoms with E-state index < -0.39 is 0 Å². The van der Waals surface area contributed by atoms with Crippen molar-refractivity contribution in [2.75, 3.05) is 23.7 Å². The van der Waals surface area contributed by atoms with E-state index >= 15 is 0 Å². The molecule has 0 spiro atoms. The van der Waals surface area contributed by atoms with Crippen LogP contribution in [-0.2, 0) is 0 Å². The van der Waals surface area contributed by atoms with E-state index in [9.17, 15) is 4.79 Å². The Morgan fingerprint density at radius 2 is 2.00 bits per heavy atom. The number of aromatic nitrogens is 4. The molecule has 3 rings (SSSR count). The van der Waals surface area contributed by atoms with Crippen molar-refractivity contribution in [3.63, 3.8) is 0 Å². The highest BCUT2D eigenvalue weighted by molar-refractivity contribution is 9.10. The lowest BCUT2D eigenvalue weighted by Crippen LogP contribution is -2.32. The van der Waals surface area contributed by atoms with E-state index in [-0.39, 0.29) is 6.03 Å². The first-order valence-electron chi connectivity index (χ1n) is 7.59. The maximum atomic E-state index is 11.8. The second kappa shape index (κ2) is 7.84. The zero-order chi connectivity index (χ0) is 17.6. The van der Waals surface area contributed by atoms with Gasteiger partial charge < -0.3 is 16.0 Å². The van der Waals surface area contributed by atoms with Gasteiger partial charge in [-0.15, -0.1) is 0 Å². The van der Waals surface area contributed by atoms with Crippen LogP contribution in [0.1, 0.15) is 5.69 Å². The fraction of sp³-hybridized carbons (Fsp3) is 0.188. The van der Waals surface area contributed by atoms with Gasteiger partial charge in [-0.25, -0.2) is 19.7 Å². The lowest BCUT2D eigenvalue weighted by atomic mass is 10.3. The Hall–Kier alpha value is -2.81. The third-order valence-corrected chi connectivity index (χ3v) is 3.76. The van der Waals surface area contributed by atoms with Gasteiger partial charge in [0.2, 0.25) is 0 Å². The Balaban J connectivity index is 1.51. The minimum atomic E-state index is -0.288. The molecule has 0 saturated carbocycles. The van der Waals surface area contributed by atoms with E-state index in [0.29, 0.717) is 30.2 Å². The van der Waals surface area contributed by atoms with Crippen molar-refractivity contribution in [3.8, 4) is 0 Å². The minimum absolute atomic E-state index is 0.288. The van der Waals surface area contributed by atoms with Crippen molar-refractivity contribution >= 4 is 44.5 Å². The van der Waals surface area contributed by atoms with Gasteiger partial charge in [-0.05, 0) is 41.1 Å². The molecule has 0 aliphatic rings. The fourth-order valence-corrected chi connectivity index (χ4v) is 2.47. The van der Waals surface area contributed by atoms with Crippen LogP contribution in [0.2, 0.25) is 0 Å². The lowest BCUT2D eigenvalue weighted by Gasteiger charge is -2.10. The number of nitrogens with one attached hydrogen (secondary N) is 3. The molecule has 0 fully saturated rings. The minimum Gasteiger partial charge on any atom is -0.368 e. The highest BCUT2D eigenvalue weighted by Crippen LogP contribution is 2.20. The van der Waals surface area contributed by atoms with Gasteiger partial charge in [0.1, 0.15) is 12.1 Å². The fourth-order valence-electron chi connectivity index (χ4n) is 2.13. The van der Waals surface area contributed by atoms with Gasteiger partial charge in [-0.1, -0.05) is 0 Å². The number of halogens is 1. The molecule has 2 amide bonds. The van der Waals surface area contributed by atoms with Gasteiger partial charge in [0.15, 0.2) is 5.65 Å². The molecule has 0 saturated heterocycles. The average molecular weight is 402 g/mol. The van der Waals surface area contributed by atoms with Crippen LogP contribution in [0.25, 0.3) is 11.0 Å². The van der Waals surface area contributed by atoms with Gasteiger partial charge >= 0.3 is 6.03 Å². The van der Waals surface area contributed by atoms with Crippen LogP contribution >= 0.6 is 15.9 Å². The van der Waals surface area contributed by atoms with Crippen LogP contribution in [0.4, 0.5) is 16.3 Å². The number of fused-ring (bicyclic) bond motifs is 1. The quantitative estimate of drug-likeness (QED) is 0.567. The summed E-state index contributed by atoms with van der Waals surface area (Å²) in [5, 5.41) is 9.48. The third kappa shape index (κ3) is 4.60. The first-order valence-corrected chi connectivity index (χ1v) is 8.39. The summed E-state index contributed by atoms with van der Waals surface area (Å²) in [5.74, 6) is 0.670. The molecule has 3 aromatic rings. The van der Waals surface area contributed by atoms with Crippen molar-refractivity contribution in [1.29, 1.82) is 0 Å². The summed E-state index contributed by atoms with van der Waals surface area (Å²) < 4.78 is 0.849. The summed E-state index contributed by atoms with van der Waals surface area (Å²) in [7, 11) is 0. The number of urea groups is 1. The molecule has 0 atom stereocenters. The summed E-state index contributed by atoms with van der Waals surface area (Å²) in [6, 6.07) is 5.25. The molecule has 8 nitrogen and oxygen atoms in total. The van der Waals surface area contributed by atoms with Crippen LogP contribution in [0, 0.1) is 6.92 Å². The Kier molecular flexibility index (Phi) is 5.34. The third-order valence-electron chi connectivity index (χ3n) is 3.33. The smallest absolute Gasteiger partial charge is 0.319 e. The molecule has 0 radical (unpaired) electrons. The summed E-state index contributed by atoms with van der Waals surface area (Å²) in [6.45, 7) is 2.83. The van der Waals surface area contributed by atoms with Crippen molar-refractivity contribution in [2.24, 2.45) is 0 Å². The van der Waals surface area contributed by atoms with Gasteiger partial charge in [0.25, 0.3) is 0 Å². The number of hydrogen-bond donors (Lipinski definition) is 3. The normalized spacial score (nSPS) is 10.5.